The molecule has 108 valence electrons. The third-order valence-electron chi connectivity index (χ3n) is 3.68. The fourth-order valence-corrected chi connectivity index (χ4v) is 2.40. The monoisotopic (exact) mass is 278 g/mol. The van der Waals surface area contributed by atoms with Gasteiger partial charge in [-0.15, -0.1) is 0 Å². The van der Waals surface area contributed by atoms with Crippen molar-refractivity contribution in [3.05, 3.63) is 30.1 Å². The Morgan fingerprint density at radius 3 is 2.40 bits per heavy atom. The summed E-state index contributed by atoms with van der Waals surface area (Å²) in [6.45, 7) is 2.18. The smallest absolute Gasteiger partial charge is 0.313 e. The van der Waals surface area contributed by atoms with Gasteiger partial charge in [0.15, 0.2) is 0 Å². The van der Waals surface area contributed by atoms with E-state index in [2.05, 4.69) is 17.6 Å². The molecule has 0 spiro atoms. The second kappa shape index (κ2) is 6.50. The summed E-state index contributed by atoms with van der Waals surface area (Å²) in [4.78, 5) is 23.5. The van der Waals surface area contributed by atoms with Crippen LogP contribution < -0.4 is 10.6 Å². The van der Waals surface area contributed by atoms with Crippen molar-refractivity contribution in [2.24, 2.45) is 5.92 Å². The van der Waals surface area contributed by atoms with Gasteiger partial charge in [-0.1, -0.05) is 19.1 Å². The summed E-state index contributed by atoms with van der Waals surface area (Å²) in [7, 11) is 0. The average molecular weight is 278 g/mol. The van der Waals surface area contributed by atoms with Crippen molar-refractivity contribution in [3.63, 3.8) is 0 Å². The summed E-state index contributed by atoms with van der Waals surface area (Å²) in [6.07, 6.45) is 3.89. The predicted octanol–water partition coefficient (Wildman–Crippen LogP) is 2.46. The van der Waals surface area contributed by atoms with Crippen LogP contribution in [-0.2, 0) is 9.59 Å². The lowest BCUT2D eigenvalue weighted by atomic mass is 9.87. The highest BCUT2D eigenvalue weighted by atomic mass is 19.1. The highest BCUT2D eigenvalue weighted by Crippen LogP contribution is 2.23. The zero-order valence-corrected chi connectivity index (χ0v) is 11.5. The number of hydrogen-bond donors (Lipinski definition) is 2. The highest BCUT2D eigenvalue weighted by molar-refractivity contribution is 6.39. The van der Waals surface area contributed by atoms with Crippen molar-refractivity contribution in [3.8, 4) is 0 Å². The van der Waals surface area contributed by atoms with Crippen LogP contribution in [-0.4, -0.2) is 17.9 Å². The average Bonchev–Trinajstić information content (AvgIpc) is 2.44. The topological polar surface area (TPSA) is 58.2 Å². The van der Waals surface area contributed by atoms with Crippen LogP contribution >= 0.6 is 0 Å². The number of halogens is 1. The zero-order valence-electron chi connectivity index (χ0n) is 11.5. The fraction of sp³-hybridized carbons (Fsp3) is 0.467. The molecule has 1 aliphatic carbocycles. The molecule has 1 aromatic rings. The summed E-state index contributed by atoms with van der Waals surface area (Å²) in [6, 6.07) is 5.82. The lowest BCUT2D eigenvalue weighted by molar-refractivity contribution is -0.136. The molecule has 0 unspecified atom stereocenters. The van der Waals surface area contributed by atoms with E-state index in [9.17, 15) is 14.0 Å². The fourth-order valence-electron chi connectivity index (χ4n) is 2.40. The van der Waals surface area contributed by atoms with Gasteiger partial charge in [0.25, 0.3) is 0 Å². The van der Waals surface area contributed by atoms with Gasteiger partial charge in [0, 0.05) is 6.04 Å². The maximum Gasteiger partial charge on any atom is 0.313 e. The first-order valence-electron chi connectivity index (χ1n) is 6.92. The van der Waals surface area contributed by atoms with Gasteiger partial charge < -0.3 is 10.6 Å². The minimum Gasteiger partial charge on any atom is -0.345 e. The van der Waals surface area contributed by atoms with E-state index >= 15 is 0 Å². The normalized spacial score (nSPS) is 22.1. The molecular formula is C15H19FN2O2. The second-order valence-electron chi connectivity index (χ2n) is 5.36. The summed E-state index contributed by atoms with van der Waals surface area (Å²) >= 11 is 0. The van der Waals surface area contributed by atoms with Gasteiger partial charge in [0.1, 0.15) is 5.82 Å². The van der Waals surface area contributed by atoms with Crippen molar-refractivity contribution < 1.29 is 14.0 Å². The molecule has 20 heavy (non-hydrogen) atoms. The molecule has 0 aromatic heterocycles. The van der Waals surface area contributed by atoms with E-state index < -0.39 is 17.6 Å². The minimum absolute atomic E-state index is 0.0184. The van der Waals surface area contributed by atoms with E-state index in [4.69, 9.17) is 0 Å². The molecule has 0 heterocycles. The summed E-state index contributed by atoms with van der Waals surface area (Å²) < 4.78 is 13.4. The maximum atomic E-state index is 13.4. The molecule has 1 aromatic carbocycles. The van der Waals surface area contributed by atoms with Crippen LogP contribution in [0.4, 0.5) is 10.1 Å². The summed E-state index contributed by atoms with van der Waals surface area (Å²) in [5.74, 6) is -1.41. The van der Waals surface area contributed by atoms with Crippen LogP contribution in [0.25, 0.3) is 0 Å². The molecule has 0 radical (unpaired) electrons. The molecule has 4 nitrogen and oxygen atoms in total. The van der Waals surface area contributed by atoms with E-state index in [1.165, 1.54) is 18.2 Å². The van der Waals surface area contributed by atoms with Crippen LogP contribution in [0.1, 0.15) is 32.6 Å². The largest absolute Gasteiger partial charge is 0.345 e. The van der Waals surface area contributed by atoms with Gasteiger partial charge in [-0.2, -0.15) is 0 Å². The van der Waals surface area contributed by atoms with Crippen molar-refractivity contribution in [1.29, 1.82) is 0 Å². The number of carbonyl (C=O) groups excluding carboxylic acids is 2. The molecule has 0 atom stereocenters. The Hall–Kier alpha value is -1.91. The molecule has 1 aliphatic rings. The Bertz CT molecular complexity index is 496. The van der Waals surface area contributed by atoms with Crippen LogP contribution in [0.5, 0.6) is 0 Å². The third-order valence-corrected chi connectivity index (χ3v) is 3.68. The van der Waals surface area contributed by atoms with Crippen molar-refractivity contribution >= 4 is 17.5 Å². The molecular weight excluding hydrogens is 259 g/mol. The number of rotatable bonds is 2. The Morgan fingerprint density at radius 2 is 1.75 bits per heavy atom. The third kappa shape index (κ3) is 3.79. The van der Waals surface area contributed by atoms with Crippen LogP contribution in [0.15, 0.2) is 24.3 Å². The first-order chi connectivity index (χ1) is 9.56. The molecule has 0 saturated heterocycles. The van der Waals surface area contributed by atoms with Crippen molar-refractivity contribution in [2.45, 2.75) is 38.6 Å². The van der Waals surface area contributed by atoms with Crippen molar-refractivity contribution in [2.75, 3.05) is 5.32 Å². The summed E-state index contributed by atoms with van der Waals surface area (Å²) in [5.41, 5.74) is 0.0184. The molecule has 5 heteroatoms. The zero-order chi connectivity index (χ0) is 14.5. The molecule has 2 N–H and O–H groups in total. The molecule has 2 amide bonds. The molecule has 0 aliphatic heterocycles. The lowest BCUT2D eigenvalue weighted by Crippen LogP contribution is -2.43. The van der Waals surface area contributed by atoms with E-state index in [0.717, 1.165) is 25.7 Å². The standard InChI is InChI=1S/C15H19FN2O2/c1-10-6-8-11(9-7-10)17-14(19)15(20)18-13-5-3-2-4-12(13)16/h2-5,10-11H,6-9H2,1H3,(H,17,19)(H,18,20). The van der Waals surface area contributed by atoms with E-state index in [1.54, 1.807) is 6.07 Å². The Kier molecular flexibility index (Phi) is 4.71. The van der Waals surface area contributed by atoms with Gasteiger partial charge in [0.05, 0.1) is 5.69 Å². The molecule has 2 rings (SSSR count). The van der Waals surface area contributed by atoms with E-state index in [-0.39, 0.29) is 11.7 Å². The number of benzene rings is 1. The quantitative estimate of drug-likeness (QED) is 0.816. The van der Waals surface area contributed by atoms with Gasteiger partial charge >= 0.3 is 11.8 Å². The number of anilines is 1. The van der Waals surface area contributed by atoms with Crippen LogP contribution in [0, 0.1) is 11.7 Å². The molecule has 0 bridgehead atoms. The number of amides is 2. The van der Waals surface area contributed by atoms with Gasteiger partial charge in [-0.05, 0) is 43.7 Å². The Balaban J connectivity index is 1.86. The van der Waals surface area contributed by atoms with Crippen LogP contribution in [0.2, 0.25) is 0 Å². The summed E-state index contributed by atoms with van der Waals surface area (Å²) in [5, 5.41) is 4.99. The number of carbonyl (C=O) groups is 2. The SMILES string of the molecule is CC1CCC(NC(=O)C(=O)Nc2ccccc2F)CC1. The Morgan fingerprint density at radius 1 is 1.10 bits per heavy atom. The first kappa shape index (κ1) is 14.5. The number of nitrogens with one attached hydrogen (secondary N) is 2. The Labute approximate surface area is 117 Å². The minimum atomic E-state index is -0.825. The van der Waals surface area contributed by atoms with Crippen LogP contribution in [0.3, 0.4) is 0 Å². The van der Waals surface area contributed by atoms with E-state index in [1.807, 2.05) is 0 Å². The van der Waals surface area contributed by atoms with Gasteiger partial charge in [-0.25, -0.2) is 4.39 Å². The number of para-hydroxylation sites is 1. The van der Waals surface area contributed by atoms with Gasteiger partial charge in [-0.3, -0.25) is 9.59 Å². The second-order valence-corrected chi connectivity index (χ2v) is 5.36. The number of hydrogen-bond acceptors (Lipinski definition) is 2. The molecule has 1 saturated carbocycles. The van der Waals surface area contributed by atoms with Gasteiger partial charge in [0.2, 0.25) is 0 Å². The lowest BCUT2D eigenvalue weighted by Gasteiger charge is -2.26. The first-order valence-corrected chi connectivity index (χ1v) is 6.92. The molecule has 1 fully saturated rings. The maximum absolute atomic E-state index is 13.4. The highest BCUT2D eigenvalue weighted by Gasteiger charge is 2.23. The van der Waals surface area contributed by atoms with E-state index in [0.29, 0.717) is 5.92 Å². The predicted molar refractivity (Wildman–Crippen MR) is 74.6 cm³/mol. The van der Waals surface area contributed by atoms with Crippen molar-refractivity contribution in [1.82, 2.24) is 5.32 Å².